The first kappa shape index (κ1) is 23.0. The maximum atomic E-state index is 12.9. The molecule has 3 rings (SSSR count). The van der Waals surface area contributed by atoms with Crippen molar-refractivity contribution in [3.63, 3.8) is 0 Å². The van der Waals surface area contributed by atoms with Gasteiger partial charge in [-0.05, 0) is 50.0 Å². The highest BCUT2D eigenvalue weighted by atomic mass is 16.5. The van der Waals surface area contributed by atoms with Gasteiger partial charge in [-0.1, -0.05) is 18.2 Å². The Bertz CT molecular complexity index is 1100. The van der Waals surface area contributed by atoms with E-state index in [-0.39, 0.29) is 12.1 Å². The lowest BCUT2D eigenvalue weighted by Gasteiger charge is -2.29. The molecule has 0 atom stereocenters. The summed E-state index contributed by atoms with van der Waals surface area (Å²) in [4.78, 5) is 50.9. The first-order chi connectivity index (χ1) is 15.4. The quantitative estimate of drug-likeness (QED) is 0.402. The van der Waals surface area contributed by atoms with Gasteiger partial charge in [0.1, 0.15) is 17.9 Å². The molecule has 32 heavy (non-hydrogen) atoms. The fraction of sp³-hybridized carbons (Fsp3) is 0.333. The van der Waals surface area contributed by atoms with E-state index in [0.29, 0.717) is 22.6 Å². The number of hydrogen-bond donors (Lipinski definition) is 1. The zero-order valence-corrected chi connectivity index (χ0v) is 18.2. The number of methoxy groups -OCH3 is 1. The van der Waals surface area contributed by atoms with E-state index in [1.54, 1.807) is 43.3 Å². The number of rotatable bonds is 7. The van der Waals surface area contributed by atoms with Crippen molar-refractivity contribution in [2.75, 3.05) is 31.6 Å². The number of ketones is 1. The van der Waals surface area contributed by atoms with Crippen molar-refractivity contribution < 1.29 is 23.5 Å². The third-order valence-electron chi connectivity index (χ3n) is 5.19. The van der Waals surface area contributed by atoms with Gasteiger partial charge < -0.3 is 19.4 Å². The van der Waals surface area contributed by atoms with Crippen molar-refractivity contribution in [1.29, 1.82) is 0 Å². The highest BCUT2D eigenvalue weighted by Crippen LogP contribution is 2.24. The summed E-state index contributed by atoms with van der Waals surface area (Å²) in [6.07, 6.45) is 5.99. The van der Waals surface area contributed by atoms with Crippen LogP contribution in [0, 0.1) is 6.92 Å². The topological polar surface area (TPSA) is 106 Å². The number of piperidine rings is 1. The van der Waals surface area contributed by atoms with E-state index < -0.39 is 23.3 Å². The van der Waals surface area contributed by atoms with Crippen LogP contribution in [0.3, 0.4) is 0 Å². The van der Waals surface area contributed by atoms with Gasteiger partial charge in [-0.15, -0.1) is 0 Å². The second-order valence-electron chi connectivity index (χ2n) is 7.53. The lowest BCUT2D eigenvalue weighted by molar-refractivity contribution is -0.139. The van der Waals surface area contributed by atoms with Crippen LogP contribution < -0.4 is 15.8 Å². The Balaban J connectivity index is 1.80. The Morgan fingerprint density at radius 2 is 1.91 bits per heavy atom. The maximum Gasteiger partial charge on any atom is 0.349 e. The van der Waals surface area contributed by atoms with Gasteiger partial charge in [0.15, 0.2) is 5.78 Å². The molecule has 0 saturated carbocycles. The number of carbonyl (C=O) groups is 3. The number of anilines is 1. The van der Waals surface area contributed by atoms with Crippen LogP contribution in [0.1, 0.15) is 51.3 Å². The second kappa shape index (κ2) is 10.6. The first-order valence-corrected chi connectivity index (χ1v) is 10.5. The van der Waals surface area contributed by atoms with E-state index >= 15 is 0 Å². The zero-order chi connectivity index (χ0) is 23.1. The fourth-order valence-electron chi connectivity index (χ4n) is 3.57. The molecule has 0 spiro atoms. The standard InChI is InChI=1S/C24H26N2O6/c1-16-13-19(26-11-4-3-5-12-26)22(24(30)32-16)20(27)10-9-17-7-6-8-18(14-17)23(29)25-15-21(28)31-2/h6-10,13-14H,3-5,11-12,15H2,1-2H3,(H,25,29)/b10-9+. The number of allylic oxidation sites excluding steroid dienone is 1. The Morgan fingerprint density at radius 1 is 1.16 bits per heavy atom. The molecule has 0 unspecified atom stereocenters. The first-order valence-electron chi connectivity index (χ1n) is 10.5. The van der Waals surface area contributed by atoms with Gasteiger partial charge >= 0.3 is 11.6 Å². The van der Waals surface area contributed by atoms with E-state index in [0.717, 1.165) is 32.4 Å². The summed E-state index contributed by atoms with van der Waals surface area (Å²) in [7, 11) is 1.24. The van der Waals surface area contributed by atoms with Crippen LogP contribution in [0.2, 0.25) is 0 Å². The van der Waals surface area contributed by atoms with Crippen LogP contribution in [0.5, 0.6) is 0 Å². The minimum absolute atomic E-state index is 0.0146. The van der Waals surface area contributed by atoms with Gasteiger partial charge in [0.05, 0.1) is 12.8 Å². The van der Waals surface area contributed by atoms with Crippen molar-refractivity contribution in [3.05, 3.63) is 69.3 Å². The molecule has 0 aliphatic carbocycles. The molecule has 1 aliphatic rings. The van der Waals surface area contributed by atoms with Gasteiger partial charge in [0.25, 0.3) is 5.91 Å². The highest BCUT2D eigenvalue weighted by molar-refractivity contribution is 6.10. The predicted molar refractivity (Wildman–Crippen MR) is 120 cm³/mol. The van der Waals surface area contributed by atoms with Crippen molar-refractivity contribution in [1.82, 2.24) is 5.32 Å². The average Bonchev–Trinajstić information content (AvgIpc) is 2.81. The summed E-state index contributed by atoms with van der Waals surface area (Å²) in [5.41, 5.74) is 0.883. The van der Waals surface area contributed by atoms with E-state index in [9.17, 15) is 19.2 Å². The number of nitrogens with one attached hydrogen (secondary N) is 1. The molecule has 2 aromatic rings. The highest BCUT2D eigenvalue weighted by Gasteiger charge is 2.22. The summed E-state index contributed by atoms with van der Waals surface area (Å²) in [6, 6.07) is 8.30. The molecular formula is C24H26N2O6. The minimum Gasteiger partial charge on any atom is -0.468 e. The van der Waals surface area contributed by atoms with Crippen molar-refractivity contribution >= 4 is 29.4 Å². The molecule has 1 aromatic carbocycles. The van der Waals surface area contributed by atoms with Crippen molar-refractivity contribution in [3.8, 4) is 0 Å². The van der Waals surface area contributed by atoms with Crippen LogP contribution in [-0.4, -0.2) is 44.4 Å². The Hall–Kier alpha value is -3.68. The second-order valence-corrected chi connectivity index (χ2v) is 7.53. The average molecular weight is 438 g/mol. The summed E-state index contributed by atoms with van der Waals surface area (Å²) in [5, 5.41) is 2.46. The monoisotopic (exact) mass is 438 g/mol. The van der Waals surface area contributed by atoms with Crippen LogP contribution in [0.4, 0.5) is 5.69 Å². The maximum absolute atomic E-state index is 12.9. The molecule has 2 heterocycles. The summed E-state index contributed by atoms with van der Waals surface area (Å²) < 4.78 is 9.69. The van der Waals surface area contributed by atoms with Crippen LogP contribution in [-0.2, 0) is 9.53 Å². The normalized spacial score (nSPS) is 13.8. The third-order valence-corrected chi connectivity index (χ3v) is 5.19. The van der Waals surface area contributed by atoms with Gasteiger partial charge in [-0.3, -0.25) is 14.4 Å². The molecule has 1 amide bonds. The molecule has 168 valence electrons. The third kappa shape index (κ3) is 5.72. The van der Waals surface area contributed by atoms with Crippen molar-refractivity contribution in [2.45, 2.75) is 26.2 Å². The van der Waals surface area contributed by atoms with E-state index in [4.69, 9.17) is 4.42 Å². The van der Waals surface area contributed by atoms with Crippen LogP contribution >= 0.6 is 0 Å². The van der Waals surface area contributed by atoms with E-state index in [1.807, 2.05) is 0 Å². The van der Waals surface area contributed by atoms with Gasteiger partial charge in [0.2, 0.25) is 0 Å². The number of hydrogen-bond acceptors (Lipinski definition) is 7. The molecule has 8 nitrogen and oxygen atoms in total. The van der Waals surface area contributed by atoms with Crippen LogP contribution in [0.25, 0.3) is 6.08 Å². The molecule has 1 N–H and O–H groups in total. The number of carbonyl (C=O) groups excluding carboxylic acids is 3. The van der Waals surface area contributed by atoms with E-state index in [1.165, 1.54) is 13.2 Å². The Kier molecular flexibility index (Phi) is 7.59. The lowest BCUT2D eigenvalue weighted by atomic mass is 10.0. The molecule has 0 bridgehead atoms. The fourth-order valence-corrected chi connectivity index (χ4v) is 3.57. The van der Waals surface area contributed by atoms with Crippen molar-refractivity contribution in [2.24, 2.45) is 0 Å². The number of benzene rings is 1. The summed E-state index contributed by atoms with van der Waals surface area (Å²) in [6.45, 7) is 3.03. The molecule has 1 aromatic heterocycles. The van der Waals surface area contributed by atoms with Crippen LogP contribution in [0.15, 0.2) is 45.6 Å². The predicted octanol–water partition coefficient (Wildman–Crippen LogP) is 2.74. The number of nitrogens with zero attached hydrogens (tertiary/aromatic N) is 1. The molecule has 8 heteroatoms. The Labute approximate surface area is 185 Å². The van der Waals surface area contributed by atoms with Gasteiger partial charge in [-0.25, -0.2) is 4.79 Å². The SMILES string of the molecule is COC(=O)CNC(=O)c1cccc(/C=C/C(=O)c2c(N3CCCCC3)cc(C)oc2=O)c1. The molecule has 1 saturated heterocycles. The van der Waals surface area contributed by atoms with Gasteiger partial charge in [0, 0.05) is 24.7 Å². The molecule has 0 radical (unpaired) electrons. The van der Waals surface area contributed by atoms with E-state index in [2.05, 4.69) is 15.0 Å². The largest absolute Gasteiger partial charge is 0.468 e. The lowest BCUT2D eigenvalue weighted by Crippen LogP contribution is -2.32. The molecule has 1 fully saturated rings. The summed E-state index contributed by atoms with van der Waals surface area (Å²) >= 11 is 0. The minimum atomic E-state index is -0.656. The zero-order valence-electron chi connectivity index (χ0n) is 18.2. The smallest absolute Gasteiger partial charge is 0.349 e. The number of esters is 1. The number of ether oxygens (including phenoxy) is 1. The number of amides is 1. The number of aryl methyl sites for hydroxylation is 1. The molecular weight excluding hydrogens is 412 g/mol. The Morgan fingerprint density at radius 3 is 2.62 bits per heavy atom. The van der Waals surface area contributed by atoms with Gasteiger partial charge in [-0.2, -0.15) is 0 Å². The summed E-state index contributed by atoms with van der Waals surface area (Å²) in [5.74, 6) is -0.994. The molecule has 1 aliphatic heterocycles.